The van der Waals surface area contributed by atoms with E-state index < -0.39 is 10.8 Å². The highest BCUT2D eigenvalue weighted by Gasteiger charge is 2.12. The lowest BCUT2D eigenvalue weighted by Gasteiger charge is -2.16. The SMILES string of the molecule is CCNC(COC)CS(=O)CC(C)C. The minimum absolute atomic E-state index is 0.226. The van der Waals surface area contributed by atoms with E-state index in [0.29, 0.717) is 18.3 Å². The van der Waals surface area contributed by atoms with Crippen LogP contribution in [0.5, 0.6) is 0 Å². The van der Waals surface area contributed by atoms with Crippen molar-refractivity contribution in [3.8, 4) is 0 Å². The molecule has 0 aromatic heterocycles. The maximum atomic E-state index is 11.6. The number of rotatable bonds is 8. The molecule has 14 heavy (non-hydrogen) atoms. The quantitative estimate of drug-likeness (QED) is 0.665. The smallest absolute Gasteiger partial charge is 0.0624 e. The minimum Gasteiger partial charge on any atom is -0.383 e. The number of ether oxygens (including phenoxy) is 1. The molecule has 0 fully saturated rings. The van der Waals surface area contributed by atoms with Crippen LogP contribution in [-0.4, -0.2) is 42.0 Å². The lowest BCUT2D eigenvalue weighted by atomic mass is 10.3. The summed E-state index contributed by atoms with van der Waals surface area (Å²) in [5, 5.41) is 3.27. The Bertz CT molecular complexity index is 156. The van der Waals surface area contributed by atoms with Gasteiger partial charge in [-0.15, -0.1) is 0 Å². The van der Waals surface area contributed by atoms with Crippen molar-refractivity contribution >= 4 is 10.8 Å². The maximum absolute atomic E-state index is 11.6. The molecule has 1 N–H and O–H groups in total. The van der Waals surface area contributed by atoms with Gasteiger partial charge in [0.1, 0.15) is 0 Å². The van der Waals surface area contributed by atoms with Gasteiger partial charge in [-0.3, -0.25) is 4.21 Å². The molecule has 0 spiro atoms. The molecule has 0 saturated carbocycles. The Balaban J connectivity index is 3.82. The van der Waals surface area contributed by atoms with Crippen molar-refractivity contribution in [1.82, 2.24) is 5.32 Å². The summed E-state index contributed by atoms with van der Waals surface area (Å²) in [7, 11) is 0.951. The number of nitrogens with one attached hydrogen (secondary N) is 1. The highest BCUT2D eigenvalue weighted by Crippen LogP contribution is 1.98. The lowest BCUT2D eigenvalue weighted by Crippen LogP contribution is -2.38. The molecule has 0 heterocycles. The Morgan fingerprint density at radius 1 is 1.36 bits per heavy atom. The van der Waals surface area contributed by atoms with Crippen molar-refractivity contribution in [3.63, 3.8) is 0 Å². The van der Waals surface area contributed by atoms with Gasteiger partial charge < -0.3 is 10.1 Å². The summed E-state index contributed by atoms with van der Waals surface area (Å²) in [6, 6.07) is 0.226. The highest BCUT2D eigenvalue weighted by atomic mass is 32.2. The van der Waals surface area contributed by atoms with Crippen molar-refractivity contribution in [2.24, 2.45) is 5.92 Å². The van der Waals surface area contributed by atoms with Gasteiger partial charge in [0.05, 0.1) is 6.61 Å². The molecule has 0 bridgehead atoms. The van der Waals surface area contributed by atoms with Crippen LogP contribution in [0.4, 0.5) is 0 Å². The Hall–Kier alpha value is 0.0700. The van der Waals surface area contributed by atoms with Crippen LogP contribution >= 0.6 is 0 Å². The van der Waals surface area contributed by atoms with E-state index in [9.17, 15) is 4.21 Å². The van der Waals surface area contributed by atoms with Gasteiger partial charge in [0.15, 0.2) is 0 Å². The van der Waals surface area contributed by atoms with Gasteiger partial charge in [-0.1, -0.05) is 20.8 Å². The molecule has 0 saturated heterocycles. The van der Waals surface area contributed by atoms with Crippen LogP contribution in [0.2, 0.25) is 0 Å². The Kier molecular flexibility index (Phi) is 8.43. The van der Waals surface area contributed by atoms with Crippen LogP contribution in [-0.2, 0) is 15.5 Å². The van der Waals surface area contributed by atoms with Crippen LogP contribution in [0.15, 0.2) is 0 Å². The van der Waals surface area contributed by atoms with Crippen LogP contribution in [0.3, 0.4) is 0 Å². The molecule has 3 nitrogen and oxygen atoms in total. The Morgan fingerprint density at radius 2 is 2.00 bits per heavy atom. The fourth-order valence-electron chi connectivity index (χ4n) is 1.32. The average molecular weight is 221 g/mol. The van der Waals surface area contributed by atoms with Gasteiger partial charge in [-0.25, -0.2) is 0 Å². The third-order valence-electron chi connectivity index (χ3n) is 1.77. The first-order valence-electron chi connectivity index (χ1n) is 5.17. The molecule has 0 aliphatic carbocycles. The van der Waals surface area contributed by atoms with E-state index in [2.05, 4.69) is 19.2 Å². The highest BCUT2D eigenvalue weighted by molar-refractivity contribution is 7.85. The van der Waals surface area contributed by atoms with E-state index in [0.717, 1.165) is 12.3 Å². The first-order chi connectivity index (χ1) is 6.60. The summed E-state index contributed by atoms with van der Waals surface area (Å²) in [5.74, 6) is 1.98. The number of likely N-dealkylation sites (N-methyl/N-ethyl adjacent to an activating group) is 1. The van der Waals surface area contributed by atoms with Crippen molar-refractivity contribution < 1.29 is 8.95 Å². The van der Waals surface area contributed by atoms with Gasteiger partial charge in [0.2, 0.25) is 0 Å². The fourth-order valence-corrected chi connectivity index (χ4v) is 2.86. The largest absolute Gasteiger partial charge is 0.383 e. The molecule has 0 rings (SSSR count). The minimum atomic E-state index is -0.726. The molecule has 4 heteroatoms. The second-order valence-electron chi connectivity index (χ2n) is 3.88. The molecule has 0 amide bonds. The van der Waals surface area contributed by atoms with E-state index in [4.69, 9.17) is 4.74 Å². The predicted molar refractivity (Wildman–Crippen MR) is 62.1 cm³/mol. The molecule has 0 aromatic rings. The van der Waals surface area contributed by atoms with Crippen LogP contribution in [0.25, 0.3) is 0 Å². The zero-order valence-corrected chi connectivity index (χ0v) is 10.5. The molecule has 2 atom stereocenters. The first kappa shape index (κ1) is 14.1. The summed E-state index contributed by atoms with van der Waals surface area (Å²) in [6.45, 7) is 7.77. The van der Waals surface area contributed by atoms with Crippen molar-refractivity contribution in [1.29, 1.82) is 0 Å². The molecule has 0 radical (unpaired) electrons. The lowest BCUT2D eigenvalue weighted by molar-refractivity contribution is 0.174. The molecular weight excluding hydrogens is 198 g/mol. The van der Waals surface area contributed by atoms with Gasteiger partial charge in [-0.2, -0.15) is 0 Å². The topological polar surface area (TPSA) is 38.3 Å². The third kappa shape index (κ3) is 7.47. The van der Waals surface area contributed by atoms with Gasteiger partial charge in [0.25, 0.3) is 0 Å². The molecule has 0 aromatic carbocycles. The molecule has 2 unspecified atom stereocenters. The van der Waals surface area contributed by atoms with E-state index in [1.165, 1.54) is 0 Å². The third-order valence-corrected chi connectivity index (χ3v) is 3.58. The second-order valence-corrected chi connectivity index (χ2v) is 5.42. The van der Waals surface area contributed by atoms with Crippen LogP contribution in [0.1, 0.15) is 20.8 Å². The molecule has 0 aliphatic rings. The van der Waals surface area contributed by atoms with Gasteiger partial charge in [-0.05, 0) is 12.5 Å². The van der Waals surface area contributed by atoms with Crippen molar-refractivity contribution in [2.75, 3.05) is 31.8 Å². The summed E-state index contributed by atoms with van der Waals surface area (Å²) >= 11 is 0. The van der Waals surface area contributed by atoms with Gasteiger partial charge in [0, 0.05) is 35.5 Å². The van der Waals surface area contributed by atoms with E-state index in [1.807, 2.05) is 6.92 Å². The summed E-state index contributed by atoms with van der Waals surface area (Å²) < 4.78 is 16.7. The fraction of sp³-hybridized carbons (Fsp3) is 1.00. The zero-order chi connectivity index (χ0) is 11.0. The normalized spacial score (nSPS) is 15.8. The molecule has 0 aliphatic heterocycles. The van der Waals surface area contributed by atoms with Crippen molar-refractivity contribution in [3.05, 3.63) is 0 Å². The average Bonchev–Trinajstić information content (AvgIpc) is 2.03. The summed E-state index contributed by atoms with van der Waals surface area (Å²) in [4.78, 5) is 0. The monoisotopic (exact) mass is 221 g/mol. The van der Waals surface area contributed by atoms with E-state index in [-0.39, 0.29) is 6.04 Å². The van der Waals surface area contributed by atoms with E-state index >= 15 is 0 Å². The second kappa shape index (κ2) is 8.38. The van der Waals surface area contributed by atoms with Crippen LogP contribution < -0.4 is 5.32 Å². The summed E-state index contributed by atoms with van der Waals surface area (Å²) in [6.07, 6.45) is 0. The Labute approximate surface area is 90.1 Å². The number of methoxy groups -OCH3 is 1. The first-order valence-corrected chi connectivity index (χ1v) is 6.66. The maximum Gasteiger partial charge on any atom is 0.0624 e. The number of hydrogen-bond donors (Lipinski definition) is 1. The number of hydrogen-bond acceptors (Lipinski definition) is 3. The van der Waals surface area contributed by atoms with Crippen LogP contribution in [0, 0.1) is 5.92 Å². The Morgan fingerprint density at radius 3 is 2.43 bits per heavy atom. The van der Waals surface area contributed by atoms with E-state index in [1.54, 1.807) is 7.11 Å². The molecule has 86 valence electrons. The van der Waals surface area contributed by atoms with Crippen molar-refractivity contribution in [2.45, 2.75) is 26.8 Å². The van der Waals surface area contributed by atoms with Gasteiger partial charge >= 0.3 is 0 Å². The summed E-state index contributed by atoms with van der Waals surface area (Å²) in [5.41, 5.74) is 0. The predicted octanol–water partition coefficient (Wildman–Crippen LogP) is 1.02. The standard InChI is InChI=1S/C10H23NO2S/c1-5-11-10(6-13-4)8-14(12)7-9(2)3/h9-11H,5-8H2,1-4H3. The molecular formula is C10H23NO2S. The zero-order valence-electron chi connectivity index (χ0n) is 9.71.